The molecular formula is C25H37BrO5. The summed E-state index contributed by atoms with van der Waals surface area (Å²) >= 11 is 3.76. The van der Waals surface area contributed by atoms with Gasteiger partial charge in [-0.15, -0.1) is 0 Å². The average molecular weight is 497 g/mol. The molecule has 3 saturated heterocycles. The van der Waals surface area contributed by atoms with Crippen molar-refractivity contribution in [1.82, 2.24) is 0 Å². The van der Waals surface area contributed by atoms with Gasteiger partial charge in [0, 0.05) is 11.2 Å². The molecule has 0 radical (unpaired) electrons. The highest BCUT2D eigenvalue weighted by Crippen LogP contribution is 2.47. The lowest BCUT2D eigenvalue weighted by atomic mass is 9.76. The predicted octanol–water partition coefficient (Wildman–Crippen LogP) is 4.77. The molecule has 5 nitrogen and oxygen atoms in total. The smallest absolute Gasteiger partial charge is 0.113 e. The Morgan fingerprint density at radius 3 is 2.48 bits per heavy atom. The quantitative estimate of drug-likeness (QED) is 0.594. The molecule has 7 atom stereocenters. The highest BCUT2D eigenvalue weighted by molar-refractivity contribution is 9.09. The minimum absolute atomic E-state index is 0.0472. The Morgan fingerprint density at radius 1 is 1.06 bits per heavy atom. The van der Waals surface area contributed by atoms with Crippen LogP contribution < -0.4 is 0 Å². The number of alkyl halides is 1. The fourth-order valence-electron chi connectivity index (χ4n) is 5.53. The van der Waals surface area contributed by atoms with Gasteiger partial charge in [-0.3, -0.25) is 0 Å². The first kappa shape index (κ1) is 23.7. The van der Waals surface area contributed by atoms with Crippen LogP contribution in [-0.2, 0) is 25.6 Å². The highest BCUT2D eigenvalue weighted by atomic mass is 79.9. The molecule has 0 spiro atoms. The van der Waals surface area contributed by atoms with Gasteiger partial charge < -0.3 is 24.1 Å². The molecule has 0 saturated carbocycles. The molecule has 3 heterocycles. The predicted molar refractivity (Wildman–Crippen MR) is 123 cm³/mol. The second kappa shape index (κ2) is 9.03. The third-order valence-corrected chi connectivity index (χ3v) is 8.91. The van der Waals surface area contributed by atoms with E-state index < -0.39 is 11.7 Å². The normalized spacial score (nSPS) is 42.7. The molecule has 0 amide bonds. The number of rotatable bonds is 5. The molecule has 3 fully saturated rings. The van der Waals surface area contributed by atoms with Crippen molar-refractivity contribution in [3.05, 3.63) is 35.9 Å². The molecule has 0 bridgehead atoms. The number of aliphatic hydroxyl groups is 1. The fourth-order valence-corrected chi connectivity index (χ4v) is 5.85. The van der Waals surface area contributed by atoms with E-state index in [9.17, 15) is 5.11 Å². The van der Waals surface area contributed by atoms with Gasteiger partial charge in [0.15, 0.2) is 0 Å². The molecule has 3 aliphatic heterocycles. The zero-order chi connectivity index (χ0) is 22.3. The average Bonchev–Trinajstić information content (AvgIpc) is 2.71. The first-order valence-electron chi connectivity index (χ1n) is 11.6. The molecular weight excluding hydrogens is 460 g/mol. The van der Waals surface area contributed by atoms with Crippen LogP contribution in [0.3, 0.4) is 0 Å². The SMILES string of the molecule is CC1(C)O[C@](C)([C@@H]2CC[C@]3(C)O[C@@H](COCc4ccccc4)C[C@@H](O)[C@@H]3O2)CC[C@H]1Br. The Labute approximate surface area is 194 Å². The Morgan fingerprint density at radius 2 is 1.77 bits per heavy atom. The fraction of sp³-hybridized carbons (Fsp3) is 0.760. The summed E-state index contributed by atoms with van der Waals surface area (Å²) in [6.45, 7) is 9.53. The van der Waals surface area contributed by atoms with Crippen molar-refractivity contribution < 1.29 is 24.1 Å². The lowest BCUT2D eigenvalue weighted by Gasteiger charge is -2.56. The molecule has 0 unspecified atom stereocenters. The van der Waals surface area contributed by atoms with E-state index in [1.165, 1.54) is 0 Å². The molecule has 174 valence electrons. The molecule has 0 aliphatic carbocycles. The summed E-state index contributed by atoms with van der Waals surface area (Å²) in [4.78, 5) is 0.335. The van der Waals surface area contributed by atoms with E-state index in [0.717, 1.165) is 31.2 Å². The summed E-state index contributed by atoms with van der Waals surface area (Å²) in [5.74, 6) is 0. The van der Waals surface area contributed by atoms with Crippen LogP contribution in [-0.4, -0.2) is 57.8 Å². The number of fused-ring (bicyclic) bond motifs is 1. The van der Waals surface area contributed by atoms with Crippen LogP contribution in [0.5, 0.6) is 0 Å². The number of aliphatic hydroxyl groups excluding tert-OH is 1. The Bertz CT molecular complexity index is 743. The first-order valence-corrected chi connectivity index (χ1v) is 12.5. The highest BCUT2D eigenvalue weighted by Gasteiger charge is 2.56. The van der Waals surface area contributed by atoms with E-state index in [1.807, 2.05) is 18.2 Å². The van der Waals surface area contributed by atoms with E-state index in [-0.39, 0.29) is 29.5 Å². The van der Waals surface area contributed by atoms with Crippen LogP contribution in [0.15, 0.2) is 30.3 Å². The van der Waals surface area contributed by atoms with Crippen molar-refractivity contribution in [3.63, 3.8) is 0 Å². The number of halogens is 1. The van der Waals surface area contributed by atoms with E-state index in [0.29, 0.717) is 24.5 Å². The summed E-state index contributed by atoms with van der Waals surface area (Å²) in [7, 11) is 0. The van der Waals surface area contributed by atoms with Crippen LogP contribution in [0, 0.1) is 0 Å². The maximum Gasteiger partial charge on any atom is 0.113 e. The summed E-state index contributed by atoms with van der Waals surface area (Å²) in [5.41, 5.74) is 0.0268. The van der Waals surface area contributed by atoms with E-state index in [4.69, 9.17) is 18.9 Å². The summed E-state index contributed by atoms with van der Waals surface area (Å²) < 4.78 is 25.5. The van der Waals surface area contributed by atoms with E-state index in [1.54, 1.807) is 0 Å². The number of hydrogen-bond acceptors (Lipinski definition) is 5. The number of benzene rings is 1. The van der Waals surface area contributed by atoms with Crippen molar-refractivity contribution in [3.8, 4) is 0 Å². The minimum atomic E-state index is -0.573. The second-order valence-electron chi connectivity index (χ2n) is 10.5. The molecule has 6 heteroatoms. The zero-order valence-corrected chi connectivity index (χ0v) is 20.8. The van der Waals surface area contributed by atoms with E-state index in [2.05, 4.69) is 55.8 Å². The molecule has 3 aliphatic rings. The van der Waals surface area contributed by atoms with Crippen molar-refractivity contribution >= 4 is 15.9 Å². The Hall–Kier alpha value is -0.500. The Balaban J connectivity index is 1.36. The molecule has 4 rings (SSSR count). The maximum absolute atomic E-state index is 11.0. The minimum Gasteiger partial charge on any atom is -0.390 e. The van der Waals surface area contributed by atoms with Crippen molar-refractivity contribution in [1.29, 1.82) is 0 Å². The molecule has 1 aromatic rings. The summed E-state index contributed by atoms with van der Waals surface area (Å²) in [6, 6.07) is 10.1. The summed E-state index contributed by atoms with van der Waals surface area (Å²) in [6.07, 6.45) is 3.11. The van der Waals surface area contributed by atoms with Gasteiger partial charge in [0.25, 0.3) is 0 Å². The van der Waals surface area contributed by atoms with Gasteiger partial charge in [-0.1, -0.05) is 46.3 Å². The third kappa shape index (κ3) is 5.04. The molecule has 1 aromatic carbocycles. The van der Waals surface area contributed by atoms with Gasteiger partial charge in [-0.2, -0.15) is 0 Å². The van der Waals surface area contributed by atoms with Gasteiger partial charge >= 0.3 is 0 Å². The standard InChI is InChI=1S/C25H37BrO5/c1-23(2)20(26)10-12-24(3,31-23)21-11-13-25(4)22(29-21)19(27)14-18(30-25)16-28-15-17-8-6-5-7-9-17/h5-9,18-22,27H,10-16H2,1-4H3/t18-,19-,20-,21+,22+,24+,25+/m1/s1. The van der Waals surface area contributed by atoms with Gasteiger partial charge in [0.1, 0.15) is 6.10 Å². The maximum atomic E-state index is 11.0. The van der Waals surface area contributed by atoms with Crippen LogP contribution in [0.4, 0.5) is 0 Å². The lowest BCUT2D eigenvalue weighted by molar-refractivity contribution is -0.310. The van der Waals surface area contributed by atoms with Crippen LogP contribution in [0.2, 0.25) is 0 Å². The van der Waals surface area contributed by atoms with Gasteiger partial charge in [-0.25, -0.2) is 0 Å². The van der Waals surface area contributed by atoms with Gasteiger partial charge in [-0.05, 0) is 58.9 Å². The number of ether oxygens (including phenoxy) is 4. The third-order valence-electron chi connectivity index (χ3n) is 7.35. The van der Waals surface area contributed by atoms with Crippen molar-refractivity contribution in [2.75, 3.05) is 6.61 Å². The van der Waals surface area contributed by atoms with Crippen LogP contribution >= 0.6 is 15.9 Å². The topological polar surface area (TPSA) is 57.2 Å². The Kier molecular flexibility index (Phi) is 6.89. The second-order valence-corrected chi connectivity index (χ2v) is 11.6. The summed E-state index contributed by atoms with van der Waals surface area (Å²) in [5, 5.41) is 11.0. The first-order chi connectivity index (χ1) is 14.6. The van der Waals surface area contributed by atoms with E-state index >= 15 is 0 Å². The van der Waals surface area contributed by atoms with Crippen molar-refractivity contribution in [2.24, 2.45) is 0 Å². The molecule has 1 N–H and O–H groups in total. The molecule has 0 aromatic heterocycles. The zero-order valence-electron chi connectivity index (χ0n) is 19.2. The largest absolute Gasteiger partial charge is 0.390 e. The lowest BCUT2D eigenvalue weighted by Crippen LogP contribution is -2.65. The van der Waals surface area contributed by atoms with Gasteiger partial charge in [0.2, 0.25) is 0 Å². The van der Waals surface area contributed by atoms with Crippen molar-refractivity contribution in [2.45, 2.75) is 112 Å². The van der Waals surface area contributed by atoms with Crippen LogP contribution in [0.25, 0.3) is 0 Å². The monoisotopic (exact) mass is 496 g/mol. The number of hydrogen-bond donors (Lipinski definition) is 1. The van der Waals surface area contributed by atoms with Gasteiger partial charge in [0.05, 0.1) is 48.3 Å². The molecule has 31 heavy (non-hydrogen) atoms. The van der Waals surface area contributed by atoms with Crippen LogP contribution in [0.1, 0.15) is 65.4 Å².